The van der Waals surface area contributed by atoms with Gasteiger partial charge in [0.15, 0.2) is 0 Å². The summed E-state index contributed by atoms with van der Waals surface area (Å²) in [6, 6.07) is 8.74. The summed E-state index contributed by atoms with van der Waals surface area (Å²) in [7, 11) is 0. The molecular weight excluding hydrogens is 370 g/mol. The maximum atomic E-state index is 10.5. The van der Waals surface area contributed by atoms with Crippen molar-refractivity contribution in [2.24, 2.45) is 0 Å². The van der Waals surface area contributed by atoms with Crippen molar-refractivity contribution in [1.29, 1.82) is 0 Å². The Morgan fingerprint density at radius 2 is 1.70 bits per heavy atom. The van der Waals surface area contributed by atoms with E-state index in [4.69, 9.17) is 0 Å². The fraction of sp³-hybridized carbons (Fsp3) is 0.407. The van der Waals surface area contributed by atoms with E-state index in [1.165, 1.54) is 22.3 Å². The van der Waals surface area contributed by atoms with E-state index in [9.17, 15) is 9.90 Å². The first-order valence-electron chi connectivity index (χ1n) is 10.7. The molecule has 0 aliphatic heterocycles. The molecule has 0 radical (unpaired) electrons. The summed E-state index contributed by atoms with van der Waals surface area (Å²) in [6.07, 6.45) is 8.76. The normalized spacial score (nSPS) is 17.3. The number of aliphatic hydroxyl groups is 1. The molecule has 158 valence electrons. The van der Waals surface area contributed by atoms with Gasteiger partial charge >= 0.3 is 0 Å². The molecule has 0 saturated carbocycles. The molecular formula is C27H33NO2. The summed E-state index contributed by atoms with van der Waals surface area (Å²) < 4.78 is 0. The maximum Gasteiger partial charge on any atom is 0.120 e. The van der Waals surface area contributed by atoms with Crippen LogP contribution < -0.4 is 0 Å². The zero-order valence-corrected chi connectivity index (χ0v) is 19.0. The molecule has 0 amide bonds. The second-order valence-corrected chi connectivity index (χ2v) is 9.59. The molecule has 1 heterocycles. The van der Waals surface area contributed by atoms with E-state index in [-0.39, 0.29) is 16.6 Å². The van der Waals surface area contributed by atoms with Crippen molar-refractivity contribution in [3.63, 3.8) is 0 Å². The molecule has 0 fully saturated rings. The molecule has 3 nitrogen and oxygen atoms in total. The summed E-state index contributed by atoms with van der Waals surface area (Å²) in [5.41, 5.74) is 8.13. The van der Waals surface area contributed by atoms with Crippen LogP contribution in [0.25, 0.3) is 5.57 Å². The number of aldehydes is 1. The lowest BCUT2D eigenvalue weighted by Crippen LogP contribution is -2.29. The molecule has 1 aromatic carbocycles. The molecule has 1 aliphatic carbocycles. The van der Waals surface area contributed by atoms with E-state index >= 15 is 0 Å². The van der Waals surface area contributed by atoms with Crippen LogP contribution in [0.3, 0.4) is 0 Å². The lowest BCUT2D eigenvalue weighted by molar-refractivity contribution is -0.107. The number of hydrogen-bond acceptors (Lipinski definition) is 3. The standard InChI is InChI=1S/C27H33NO2/c1-18-14-23-24(27(5,6)12-11-26(23,3)4)16-21(18)15-22-10-9-20(17-28-22)19(2)25(30)8-7-13-29/h9-14,16-17,30H,7-8,15H2,1-6H3/b25-19-. The highest BCUT2D eigenvalue weighted by atomic mass is 16.3. The molecule has 0 saturated heterocycles. The highest BCUT2D eigenvalue weighted by Gasteiger charge is 2.33. The van der Waals surface area contributed by atoms with Crippen LogP contribution in [0.2, 0.25) is 0 Å². The first-order valence-corrected chi connectivity index (χ1v) is 10.7. The second kappa shape index (κ2) is 8.22. The number of rotatable bonds is 6. The van der Waals surface area contributed by atoms with Gasteiger partial charge in [-0.2, -0.15) is 0 Å². The Morgan fingerprint density at radius 3 is 2.27 bits per heavy atom. The highest BCUT2D eigenvalue weighted by molar-refractivity contribution is 5.65. The fourth-order valence-corrected chi connectivity index (χ4v) is 4.10. The van der Waals surface area contributed by atoms with Gasteiger partial charge in [-0.15, -0.1) is 0 Å². The monoisotopic (exact) mass is 403 g/mol. The summed E-state index contributed by atoms with van der Waals surface area (Å²) in [5.74, 6) is 0.250. The number of hydrogen-bond donors (Lipinski definition) is 1. The fourth-order valence-electron chi connectivity index (χ4n) is 4.10. The first kappa shape index (κ1) is 22.0. The van der Waals surface area contributed by atoms with E-state index in [1.807, 2.05) is 25.3 Å². The van der Waals surface area contributed by atoms with Crippen LogP contribution in [0.5, 0.6) is 0 Å². The Hall–Kier alpha value is -2.68. The third kappa shape index (κ3) is 4.40. The minimum absolute atomic E-state index is 0.0194. The van der Waals surface area contributed by atoms with Crippen LogP contribution in [0.15, 0.2) is 48.4 Å². The Balaban J connectivity index is 1.88. The molecule has 30 heavy (non-hydrogen) atoms. The number of carbonyl (C=O) groups excluding carboxylic acids is 1. The molecule has 3 rings (SSSR count). The number of carbonyl (C=O) groups is 1. The van der Waals surface area contributed by atoms with Crippen molar-refractivity contribution in [1.82, 2.24) is 4.98 Å². The van der Waals surface area contributed by atoms with Gasteiger partial charge in [0.1, 0.15) is 6.29 Å². The zero-order chi connectivity index (χ0) is 22.1. The molecule has 2 aromatic rings. The van der Waals surface area contributed by atoms with Crippen molar-refractivity contribution in [3.8, 4) is 0 Å². The molecule has 0 unspecified atom stereocenters. The summed E-state index contributed by atoms with van der Waals surface area (Å²) in [4.78, 5) is 15.2. The van der Waals surface area contributed by atoms with Gasteiger partial charge in [-0.05, 0) is 53.3 Å². The van der Waals surface area contributed by atoms with Crippen molar-refractivity contribution in [3.05, 3.63) is 81.9 Å². The minimum atomic E-state index is 0.0194. The number of aliphatic hydroxyl groups excluding tert-OH is 1. The Morgan fingerprint density at radius 1 is 1.07 bits per heavy atom. The minimum Gasteiger partial charge on any atom is -0.512 e. The molecule has 3 heteroatoms. The quantitative estimate of drug-likeness (QED) is 0.346. The van der Waals surface area contributed by atoms with Gasteiger partial charge in [0.05, 0.1) is 5.76 Å². The van der Waals surface area contributed by atoms with Gasteiger partial charge in [-0.25, -0.2) is 0 Å². The van der Waals surface area contributed by atoms with Crippen molar-refractivity contribution in [2.45, 2.75) is 71.6 Å². The molecule has 0 atom stereocenters. The SMILES string of the molecule is C/C(=C(/O)CCC=O)c1ccc(Cc2cc3c(cc2C)C(C)(C)C=CC3(C)C)nc1. The third-order valence-electron chi connectivity index (χ3n) is 6.34. The van der Waals surface area contributed by atoms with E-state index < -0.39 is 0 Å². The molecule has 0 bridgehead atoms. The second-order valence-electron chi connectivity index (χ2n) is 9.59. The molecule has 0 spiro atoms. The van der Waals surface area contributed by atoms with E-state index in [1.54, 1.807) is 0 Å². The van der Waals surface area contributed by atoms with Crippen LogP contribution in [0.1, 0.15) is 81.0 Å². The van der Waals surface area contributed by atoms with Crippen LogP contribution in [0, 0.1) is 6.92 Å². The van der Waals surface area contributed by atoms with Crippen molar-refractivity contribution < 1.29 is 9.90 Å². The Kier molecular flexibility index (Phi) is 6.03. The largest absolute Gasteiger partial charge is 0.512 e. The summed E-state index contributed by atoms with van der Waals surface area (Å²) in [6.45, 7) is 13.1. The zero-order valence-electron chi connectivity index (χ0n) is 19.0. The molecule has 1 aliphatic rings. The Labute approximate surface area is 180 Å². The summed E-state index contributed by atoms with van der Waals surface area (Å²) >= 11 is 0. The average molecular weight is 404 g/mol. The summed E-state index contributed by atoms with van der Waals surface area (Å²) in [5, 5.41) is 10.1. The van der Waals surface area contributed by atoms with Gasteiger partial charge in [0.25, 0.3) is 0 Å². The van der Waals surface area contributed by atoms with Crippen LogP contribution in [0.4, 0.5) is 0 Å². The lowest BCUT2D eigenvalue weighted by Gasteiger charge is -2.37. The third-order valence-corrected chi connectivity index (χ3v) is 6.34. The van der Waals surface area contributed by atoms with Gasteiger partial charge < -0.3 is 9.90 Å². The predicted molar refractivity (Wildman–Crippen MR) is 124 cm³/mol. The van der Waals surface area contributed by atoms with Crippen molar-refractivity contribution >= 4 is 11.9 Å². The van der Waals surface area contributed by atoms with E-state index in [0.717, 1.165) is 29.5 Å². The maximum absolute atomic E-state index is 10.5. The average Bonchev–Trinajstić information content (AvgIpc) is 2.71. The first-order chi connectivity index (χ1) is 14.0. The number of aryl methyl sites for hydroxylation is 1. The number of pyridine rings is 1. The number of benzene rings is 1. The smallest absolute Gasteiger partial charge is 0.120 e. The number of allylic oxidation sites excluding steroid dienone is 4. The van der Waals surface area contributed by atoms with Crippen LogP contribution in [-0.2, 0) is 22.0 Å². The topological polar surface area (TPSA) is 50.2 Å². The molecule has 1 N–H and O–H groups in total. The van der Waals surface area contributed by atoms with Gasteiger partial charge in [-0.1, -0.05) is 58.0 Å². The van der Waals surface area contributed by atoms with Gasteiger partial charge in [-0.3, -0.25) is 4.98 Å². The molecule has 1 aromatic heterocycles. The van der Waals surface area contributed by atoms with Crippen LogP contribution >= 0.6 is 0 Å². The van der Waals surface area contributed by atoms with E-state index in [2.05, 4.69) is 63.9 Å². The number of aromatic nitrogens is 1. The number of fused-ring (bicyclic) bond motifs is 1. The van der Waals surface area contributed by atoms with E-state index in [0.29, 0.717) is 12.8 Å². The highest BCUT2D eigenvalue weighted by Crippen LogP contribution is 2.42. The Bertz CT molecular complexity index is 1010. The lowest BCUT2D eigenvalue weighted by atomic mass is 9.67. The van der Waals surface area contributed by atoms with Gasteiger partial charge in [0, 0.05) is 42.0 Å². The van der Waals surface area contributed by atoms with Gasteiger partial charge in [0.2, 0.25) is 0 Å². The number of nitrogens with zero attached hydrogens (tertiary/aromatic N) is 1. The predicted octanol–water partition coefficient (Wildman–Crippen LogP) is 6.37. The van der Waals surface area contributed by atoms with Crippen LogP contribution in [-0.4, -0.2) is 16.4 Å². The van der Waals surface area contributed by atoms with Crippen molar-refractivity contribution in [2.75, 3.05) is 0 Å².